The first-order chi connectivity index (χ1) is 53.2. The van der Waals surface area contributed by atoms with E-state index in [0.717, 1.165) is 158 Å². The fraction of sp³-hybridized carbons (Fsp3) is 0.253. The number of carbonyl (C=O) groups is 2. The summed E-state index contributed by atoms with van der Waals surface area (Å²) in [5.74, 6) is 3.45. The molecule has 3 fully saturated rings. The molecule has 0 bridgehead atoms. The molecule has 2 amide bonds. The Kier molecular flexibility index (Phi) is 26.2. The number of carbonyl (C=O) groups excluding carboxylic acids is 2. The van der Waals surface area contributed by atoms with Crippen LogP contribution in [0.4, 0.5) is 73.4 Å². The van der Waals surface area contributed by atoms with Crippen LogP contribution in [0.5, 0.6) is 34.6 Å². The number of methoxy groups -OCH3 is 2. The van der Waals surface area contributed by atoms with E-state index in [1.54, 1.807) is 56.8 Å². The number of hydrogen-bond donors (Lipinski definition) is 7. The van der Waals surface area contributed by atoms with Crippen molar-refractivity contribution in [2.24, 2.45) is 7.05 Å². The number of likely N-dealkylation sites (N-methyl/N-ethyl adjacent to an activating group) is 3. The smallest absolute Gasteiger partial charge is 0.247 e. The first-order valence-corrected chi connectivity index (χ1v) is 36.2. The van der Waals surface area contributed by atoms with Crippen molar-refractivity contribution < 1.29 is 32.9 Å². The van der Waals surface area contributed by atoms with Gasteiger partial charge >= 0.3 is 0 Å². The molecule has 0 aliphatic carbocycles. The summed E-state index contributed by atoms with van der Waals surface area (Å²) in [6.45, 7) is 30.6. The van der Waals surface area contributed by atoms with Gasteiger partial charge in [0.25, 0.3) is 0 Å². The van der Waals surface area contributed by atoms with Crippen LogP contribution in [0, 0.1) is 19.7 Å². The van der Waals surface area contributed by atoms with Crippen LogP contribution < -0.4 is 65.5 Å². The van der Waals surface area contributed by atoms with E-state index in [2.05, 4.69) is 175 Å². The van der Waals surface area contributed by atoms with E-state index in [1.807, 2.05) is 74.3 Å². The Bertz CT molecular complexity index is 5180. The second kappa shape index (κ2) is 36.6. The maximum Gasteiger partial charge on any atom is 0.247 e. The Morgan fingerprint density at radius 2 is 1.14 bits per heavy atom. The standard InChI is InChI=1S/C29H33N7O.C28H30FN7O3.C25H27ClN6O2.CH4/c1-6-20(2)31-22-9-7-8-21(16-22)24-19-35(4)26-18-30-29(33-28(24)26)32-25-11-10-23(17-27(25)37-5)36-14-12-34(3)13-15-36;1-5-24(37)31-19-12-18(29)13-21(14-19)39-27-25-17(2)16-30-26(25)33-28(34-27)32-22-7-6-20(15-23(22)38-4)36-10-8-35(3)9-11-36;1-4-24(33)29-18-6-5-7-20(13-18)34-22-14-23(27-16-21(22)26)30-25-17(2)12-19(15-28-25)32-10-8-31(3)9-11-32;/h6-11,16-19,31H,1-2,12-15H2,3-5H3,(H,30,32,33);5-7,12-16H,1,8-11H2,2-4H3,(H,31,37)(H2,30,32,33,34);4-7,12-16H,1,8-11H2,2-3H3,(H,29,33)(H,27,28,30);1H4. The molecular formula is C83H94ClFN20O6. The van der Waals surface area contributed by atoms with Crippen LogP contribution in [0.15, 0.2) is 196 Å². The Hall–Kier alpha value is -12.6. The minimum atomic E-state index is -0.577. The van der Waals surface area contributed by atoms with Crippen LogP contribution in [-0.4, -0.2) is 180 Å². The normalized spacial score (nSPS) is 13.8. The average molecular weight is 1520 g/mol. The Labute approximate surface area is 651 Å². The van der Waals surface area contributed by atoms with Gasteiger partial charge in [0.15, 0.2) is 5.75 Å². The van der Waals surface area contributed by atoms with Gasteiger partial charge < -0.3 is 89.8 Å². The number of fused-ring (bicyclic) bond motifs is 2. The van der Waals surface area contributed by atoms with Gasteiger partial charge in [0.1, 0.15) is 56.6 Å². The van der Waals surface area contributed by atoms with Gasteiger partial charge in [-0.25, -0.2) is 24.3 Å². The number of piperazine rings is 3. The van der Waals surface area contributed by atoms with Crippen molar-refractivity contribution in [2.45, 2.75) is 21.3 Å². The lowest BCUT2D eigenvalue weighted by molar-refractivity contribution is -0.112. The fourth-order valence-corrected chi connectivity index (χ4v) is 12.8. The summed E-state index contributed by atoms with van der Waals surface area (Å²) in [6, 6.07) is 35.2. The third-order valence-corrected chi connectivity index (χ3v) is 19.1. The highest BCUT2D eigenvalue weighted by Gasteiger charge is 2.23. The third kappa shape index (κ3) is 20.2. The van der Waals surface area contributed by atoms with Gasteiger partial charge in [0, 0.05) is 174 Å². The number of nitrogens with zero attached hydrogens (tertiary/aromatic N) is 13. The molecule has 3 aliphatic heterocycles. The van der Waals surface area contributed by atoms with Crippen LogP contribution in [0.1, 0.15) is 18.6 Å². The Morgan fingerprint density at radius 3 is 1.75 bits per heavy atom. The van der Waals surface area contributed by atoms with E-state index in [-0.39, 0.29) is 36.6 Å². The molecule has 5 aromatic carbocycles. The average Bonchev–Trinajstić information content (AvgIpc) is 1.66. The number of H-pyrrole nitrogens is 1. The molecule has 3 aliphatic rings. The second-order valence-electron chi connectivity index (χ2n) is 26.7. The predicted molar refractivity (Wildman–Crippen MR) is 446 cm³/mol. The Balaban J connectivity index is 0.000000165. The predicted octanol–water partition coefficient (Wildman–Crippen LogP) is 15.6. The summed E-state index contributed by atoms with van der Waals surface area (Å²) in [6.07, 6.45) is 13.1. The number of rotatable bonds is 23. The molecule has 6 aromatic heterocycles. The molecule has 111 heavy (non-hydrogen) atoms. The van der Waals surface area contributed by atoms with Gasteiger partial charge in [-0.15, -0.1) is 0 Å². The fourth-order valence-electron chi connectivity index (χ4n) is 12.6. The third-order valence-electron chi connectivity index (χ3n) is 18.8. The number of aryl methyl sites for hydroxylation is 3. The van der Waals surface area contributed by atoms with E-state index in [4.69, 9.17) is 35.5 Å². The maximum atomic E-state index is 14.3. The van der Waals surface area contributed by atoms with Crippen LogP contribution in [0.2, 0.25) is 5.02 Å². The molecule has 28 heteroatoms. The van der Waals surface area contributed by atoms with Gasteiger partial charge in [-0.2, -0.15) is 9.97 Å². The van der Waals surface area contributed by atoms with Crippen molar-refractivity contribution >= 4 is 115 Å². The molecule has 0 unspecified atom stereocenters. The quantitative estimate of drug-likeness (QED) is 0.0232. The van der Waals surface area contributed by atoms with Crippen molar-refractivity contribution in [2.75, 3.05) is 161 Å². The molecule has 0 radical (unpaired) electrons. The van der Waals surface area contributed by atoms with Crippen LogP contribution >= 0.6 is 11.6 Å². The first-order valence-electron chi connectivity index (χ1n) is 35.8. The molecule has 9 heterocycles. The van der Waals surface area contributed by atoms with Gasteiger partial charge in [-0.3, -0.25) is 9.59 Å². The second-order valence-corrected chi connectivity index (χ2v) is 27.1. The van der Waals surface area contributed by atoms with Crippen molar-refractivity contribution in [3.8, 4) is 45.8 Å². The molecular weight excluding hydrogens is 1430 g/mol. The van der Waals surface area contributed by atoms with E-state index in [9.17, 15) is 14.0 Å². The number of ether oxygens (including phenoxy) is 4. The SMILES string of the molecule is C.C=CC(=C)Nc1cccc(-c2cn(C)c3cnc(Nc4ccc(N5CCN(C)CC5)cc4OC)nc23)c1.C=CC(=O)Nc1cc(F)cc(Oc2nc(Nc3ccc(N4CCN(C)CC4)cc3OC)nc3[nH]cc(C)c23)c1.C=CC(=O)Nc1cccc(Oc2cc(Nc3ncc(N4CCN(C)CC4)cc3C)ncc2Cl)c1. The number of anilines is 12. The topological polar surface area (TPSA) is 261 Å². The summed E-state index contributed by atoms with van der Waals surface area (Å²) < 4.78 is 39.8. The monoisotopic (exact) mass is 1520 g/mol. The maximum absolute atomic E-state index is 14.3. The minimum absolute atomic E-state index is 0. The highest BCUT2D eigenvalue weighted by Crippen LogP contribution is 2.39. The number of nitrogens with one attached hydrogen (secondary N) is 7. The molecule has 26 nitrogen and oxygen atoms in total. The zero-order valence-corrected chi connectivity index (χ0v) is 63.7. The minimum Gasteiger partial charge on any atom is -0.494 e. The molecule has 14 rings (SSSR count). The van der Waals surface area contributed by atoms with Gasteiger partial charge in [-0.05, 0) is 131 Å². The van der Waals surface area contributed by atoms with Crippen molar-refractivity contribution in [1.29, 1.82) is 0 Å². The molecule has 3 saturated heterocycles. The van der Waals surface area contributed by atoms with Gasteiger partial charge in [-0.1, -0.05) is 63.5 Å². The van der Waals surface area contributed by atoms with E-state index < -0.39 is 11.7 Å². The number of hydrogen-bond acceptors (Lipinski definition) is 22. The lowest BCUT2D eigenvalue weighted by Gasteiger charge is -2.34. The van der Waals surface area contributed by atoms with Crippen molar-refractivity contribution in [3.05, 3.63) is 218 Å². The first kappa shape index (κ1) is 79.5. The van der Waals surface area contributed by atoms with Gasteiger partial charge in [0.2, 0.25) is 29.6 Å². The largest absolute Gasteiger partial charge is 0.494 e. The number of aromatic amines is 1. The van der Waals surface area contributed by atoms with Crippen LogP contribution in [-0.2, 0) is 16.6 Å². The summed E-state index contributed by atoms with van der Waals surface area (Å²) in [4.78, 5) is 68.1. The summed E-state index contributed by atoms with van der Waals surface area (Å²) in [5, 5.41) is 19.4. The number of benzene rings is 5. The Morgan fingerprint density at radius 1 is 0.559 bits per heavy atom. The lowest BCUT2D eigenvalue weighted by Crippen LogP contribution is -2.44. The number of amides is 2. The van der Waals surface area contributed by atoms with Gasteiger partial charge in [0.05, 0.1) is 60.8 Å². The van der Waals surface area contributed by atoms with Crippen molar-refractivity contribution in [1.82, 2.24) is 54.2 Å². The molecule has 0 atom stereocenters. The molecule has 11 aromatic rings. The van der Waals surface area contributed by atoms with Crippen molar-refractivity contribution in [3.63, 3.8) is 0 Å². The van der Waals surface area contributed by atoms with E-state index in [1.165, 1.54) is 30.5 Å². The van der Waals surface area contributed by atoms with Crippen LogP contribution in [0.3, 0.4) is 0 Å². The molecule has 0 saturated carbocycles. The summed E-state index contributed by atoms with van der Waals surface area (Å²) in [7, 11) is 11.7. The van der Waals surface area contributed by atoms with E-state index >= 15 is 0 Å². The lowest BCUT2D eigenvalue weighted by atomic mass is 10.1. The highest BCUT2D eigenvalue weighted by molar-refractivity contribution is 6.32. The molecule has 576 valence electrons. The zero-order valence-electron chi connectivity index (χ0n) is 62.9. The summed E-state index contributed by atoms with van der Waals surface area (Å²) >= 11 is 6.32. The molecule has 0 spiro atoms. The number of allylic oxidation sites excluding steroid dienone is 1. The highest BCUT2D eigenvalue weighted by atomic mass is 35.5. The number of aromatic nitrogens is 8. The van der Waals surface area contributed by atoms with Crippen LogP contribution in [0.25, 0.3) is 33.2 Å². The summed E-state index contributed by atoms with van der Waals surface area (Å²) in [5.41, 5.74) is 13.7. The number of pyridine rings is 2. The molecule has 7 N–H and O–H groups in total. The van der Waals surface area contributed by atoms with E-state index in [0.29, 0.717) is 62.3 Å². The number of halogens is 2. The zero-order chi connectivity index (χ0) is 77.5.